The molecular weight excluding hydrogens is 292 g/mol. The second-order valence-electron chi connectivity index (χ2n) is 5.66. The molecule has 0 aliphatic carbocycles. The number of benzene rings is 2. The van der Waals surface area contributed by atoms with Crippen molar-refractivity contribution in [1.29, 1.82) is 0 Å². The highest BCUT2D eigenvalue weighted by Crippen LogP contribution is 2.35. The van der Waals surface area contributed by atoms with Crippen LogP contribution in [0.25, 0.3) is 0 Å². The molecule has 2 aromatic carbocycles. The molecule has 0 saturated carbocycles. The van der Waals surface area contributed by atoms with E-state index in [9.17, 15) is 4.21 Å². The van der Waals surface area contributed by atoms with Crippen LogP contribution >= 0.6 is 0 Å². The highest BCUT2D eigenvalue weighted by atomic mass is 32.2. The van der Waals surface area contributed by atoms with Crippen molar-refractivity contribution >= 4 is 22.4 Å². The Morgan fingerprint density at radius 2 is 1.95 bits per heavy atom. The molecule has 1 unspecified atom stereocenters. The van der Waals surface area contributed by atoms with Gasteiger partial charge in [-0.2, -0.15) is 0 Å². The maximum Gasteiger partial charge on any atom is 0.152 e. The summed E-state index contributed by atoms with van der Waals surface area (Å²) in [5, 5.41) is 0. The van der Waals surface area contributed by atoms with Crippen LogP contribution in [0.2, 0.25) is 0 Å². The Bertz CT molecular complexity index is 700. The van der Waals surface area contributed by atoms with Gasteiger partial charge in [0.1, 0.15) is 0 Å². The van der Waals surface area contributed by atoms with Crippen molar-refractivity contribution in [1.82, 2.24) is 0 Å². The average Bonchev–Trinajstić information content (AvgIpc) is 2.95. The number of hydrogen-bond acceptors (Lipinski definition) is 2. The molecule has 0 amide bonds. The number of rotatable bonds is 4. The number of nitrogens with zero attached hydrogens (tertiary/aromatic N) is 2. The first-order valence-electron chi connectivity index (χ1n) is 7.71. The first-order valence-corrected chi connectivity index (χ1v) is 8.81. The van der Waals surface area contributed by atoms with Crippen molar-refractivity contribution in [2.75, 3.05) is 29.3 Å². The van der Waals surface area contributed by atoms with E-state index < -0.39 is 11.0 Å². The normalized spacial score (nSPS) is 14.8. The highest BCUT2D eigenvalue weighted by Gasteiger charge is 2.22. The second kappa shape index (κ2) is 6.13. The zero-order valence-electron chi connectivity index (χ0n) is 13.4. The van der Waals surface area contributed by atoms with Gasteiger partial charge in [-0.15, -0.1) is 0 Å². The van der Waals surface area contributed by atoms with E-state index in [-0.39, 0.29) is 0 Å². The molecule has 0 saturated heterocycles. The number of hydrogen-bond donors (Lipinski definition) is 0. The third-order valence-corrected chi connectivity index (χ3v) is 5.67. The molecule has 0 N–H and O–H groups in total. The van der Waals surface area contributed by atoms with E-state index in [0.717, 1.165) is 30.1 Å². The van der Waals surface area contributed by atoms with Gasteiger partial charge in [0.25, 0.3) is 0 Å². The number of likely N-dealkylation sites (N-methyl/N-ethyl adjacent to an activating group) is 1. The van der Waals surface area contributed by atoms with Crippen LogP contribution in [0.15, 0.2) is 47.4 Å². The molecule has 0 bridgehead atoms. The molecule has 2 aromatic rings. The lowest BCUT2D eigenvalue weighted by Gasteiger charge is -2.23. The van der Waals surface area contributed by atoms with Crippen LogP contribution in [0.4, 0.5) is 11.4 Å². The average molecular weight is 314 g/mol. The van der Waals surface area contributed by atoms with E-state index in [4.69, 9.17) is 0 Å². The van der Waals surface area contributed by atoms with Crippen LogP contribution in [0.1, 0.15) is 18.1 Å². The summed E-state index contributed by atoms with van der Waals surface area (Å²) in [6.45, 7) is 6.38. The van der Waals surface area contributed by atoms with E-state index in [1.54, 1.807) is 0 Å². The summed E-state index contributed by atoms with van der Waals surface area (Å²) in [5.41, 5.74) is 4.92. The summed E-state index contributed by atoms with van der Waals surface area (Å²) in [4.78, 5) is 3.22. The molecule has 0 aromatic heterocycles. The van der Waals surface area contributed by atoms with Gasteiger partial charge in [0.05, 0.1) is 10.6 Å². The quantitative estimate of drug-likeness (QED) is 0.862. The lowest BCUT2D eigenvalue weighted by atomic mass is 10.1. The van der Waals surface area contributed by atoms with E-state index in [2.05, 4.69) is 30.9 Å². The maximum absolute atomic E-state index is 12.8. The first kappa shape index (κ1) is 15.1. The Hall–Kier alpha value is -1.81. The third-order valence-electron chi connectivity index (χ3n) is 4.30. The lowest BCUT2D eigenvalue weighted by Crippen LogP contribution is -2.22. The molecule has 4 heteroatoms. The molecule has 1 aliphatic rings. The minimum Gasteiger partial charge on any atom is -0.371 e. The maximum atomic E-state index is 12.8. The zero-order chi connectivity index (χ0) is 15.7. The van der Waals surface area contributed by atoms with Crippen molar-refractivity contribution in [3.63, 3.8) is 0 Å². The predicted octanol–water partition coefficient (Wildman–Crippen LogP) is 3.54. The fourth-order valence-corrected chi connectivity index (χ4v) is 4.15. The van der Waals surface area contributed by atoms with Crippen molar-refractivity contribution < 1.29 is 4.21 Å². The molecular formula is C18H22N2OS. The van der Waals surface area contributed by atoms with E-state index in [0.29, 0.717) is 0 Å². The van der Waals surface area contributed by atoms with Crippen LogP contribution in [0.3, 0.4) is 0 Å². The van der Waals surface area contributed by atoms with Gasteiger partial charge in [-0.3, -0.25) is 4.31 Å². The molecule has 0 radical (unpaired) electrons. The monoisotopic (exact) mass is 314 g/mol. The molecule has 1 heterocycles. The summed E-state index contributed by atoms with van der Waals surface area (Å²) < 4.78 is 14.6. The van der Waals surface area contributed by atoms with Crippen LogP contribution < -0.4 is 9.21 Å². The number of aryl methyl sites for hydroxylation is 1. The van der Waals surface area contributed by atoms with Crippen LogP contribution in [-0.4, -0.2) is 24.3 Å². The molecule has 3 nitrogen and oxygen atoms in total. The predicted molar refractivity (Wildman–Crippen MR) is 94.0 cm³/mol. The standard InChI is InChI=1S/C18H22N2OS/c1-4-20-11-10-15-12-14(2)17(13-18(15)20)19(3)22(21)16-8-6-5-7-9-16/h5-9,12-13H,4,10-11H2,1-3H3. The van der Waals surface area contributed by atoms with Crippen LogP contribution in [-0.2, 0) is 17.4 Å². The second-order valence-corrected chi connectivity index (χ2v) is 7.17. The van der Waals surface area contributed by atoms with Gasteiger partial charge in [0.15, 0.2) is 11.0 Å². The molecule has 1 atom stereocenters. The minimum absolute atomic E-state index is 0.831. The molecule has 0 spiro atoms. The fourth-order valence-electron chi connectivity index (χ4n) is 3.07. The van der Waals surface area contributed by atoms with Crippen LogP contribution in [0, 0.1) is 6.92 Å². The van der Waals surface area contributed by atoms with Crippen LogP contribution in [0.5, 0.6) is 0 Å². The Labute approximate surface area is 135 Å². The molecule has 116 valence electrons. The summed E-state index contributed by atoms with van der Waals surface area (Å²) >= 11 is 0. The SMILES string of the molecule is CCN1CCc2cc(C)c(N(C)S(=O)c3ccccc3)cc21. The van der Waals surface area contributed by atoms with Crippen molar-refractivity contribution in [3.8, 4) is 0 Å². The summed E-state index contributed by atoms with van der Waals surface area (Å²) in [5.74, 6) is 0. The van der Waals surface area contributed by atoms with Gasteiger partial charge < -0.3 is 4.90 Å². The first-order chi connectivity index (χ1) is 10.6. The number of fused-ring (bicyclic) bond motifs is 1. The van der Waals surface area contributed by atoms with E-state index in [1.165, 1.54) is 16.8 Å². The van der Waals surface area contributed by atoms with E-state index >= 15 is 0 Å². The van der Waals surface area contributed by atoms with Gasteiger partial charge in [0, 0.05) is 25.8 Å². The molecule has 0 fully saturated rings. The number of anilines is 2. The van der Waals surface area contributed by atoms with Gasteiger partial charge >= 0.3 is 0 Å². The smallest absolute Gasteiger partial charge is 0.152 e. The van der Waals surface area contributed by atoms with E-state index in [1.807, 2.05) is 41.7 Å². The Kier molecular flexibility index (Phi) is 4.21. The Morgan fingerprint density at radius 3 is 2.64 bits per heavy atom. The van der Waals surface area contributed by atoms with Gasteiger partial charge in [-0.1, -0.05) is 24.3 Å². The zero-order valence-corrected chi connectivity index (χ0v) is 14.2. The summed E-state index contributed by atoms with van der Waals surface area (Å²) in [6, 6.07) is 14.1. The Morgan fingerprint density at radius 1 is 1.23 bits per heavy atom. The largest absolute Gasteiger partial charge is 0.371 e. The molecule has 22 heavy (non-hydrogen) atoms. The van der Waals surface area contributed by atoms with Crippen molar-refractivity contribution in [3.05, 3.63) is 53.6 Å². The fraction of sp³-hybridized carbons (Fsp3) is 0.333. The van der Waals surface area contributed by atoms with Crippen molar-refractivity contribution in [2.24, 2.45) is 0 Å². The summed E-state index contributed by atoms with van der Waals surface area (Å²) in [7, 11) is 0.722. The lowest BCUT2D eigenvalue weighted by molar-refractivity contribution is 0.682. The van der Waals surface area contributed by atoms with Gasteiger partial charge in [-0.25, -0.2) is 4.21 Å². The molecule has 3 rings (SSSR count). The highest BCUT2D eigenvalue weighted by molar-refractivity contribution is 7.86. The minimum atomic E-state index is -1.18. The third kappa shape index (κ3) is 2.63. The Balaban J connectivity index is 1.96. The molecule has 1 aliphatic heterocycles. The topological polar surface area (TPSA) is 23.6 Å². The van der Waals surface area contributed by atoms with Crippen molar-refractivity contribution in [2.45, 2.75) is 25.2 Å². The summed E-state index contributed by atoms with van der Waals surface area (Å²) in [6.07, 6.45) is 1.11. The van der Waals surface area contributed by atoms with Gasteiger partial charge in [0.2, 0.25) is 0 Å². The van der Waals surface area contributed by atoms with Gasteiger partial charge in [-0.05, 0) is 49.6 Å².